The Balaban J connectivity index is 1.59. The van der Waals surface area contributed by atoms with Crippen LogP contribution in [0.1, 0.15) is 5.56 Å². The van der Waals surface area contributed by atoms with Crippen molar-refractivity contribution in [2.75, 3.05) is 36.4 Å². The van der Waals surface area contributed by atoms with Crippen molar-refractivity contribution in [2.24, 2.45) is 0 Å². The molecule has 3 heterocycles. The molecule has 1 fully saturated rings. The van der Waals surface area contributed by atoms with Crippen LogP contribution >= 0.6 is 11.6 Å². The Morgan fingerprint density at radius 2 is 1.96 bits per heavy atom. The molecule has 0 bridgehead atoms. The first kappa shape index (κ1) is 16.9. The zero-order chi connectivity index (χ0) is 17.9. The number of piperazine rings is 1. The first-order chi connectivity index (χ1) is 12.7. The van der Waals surface area contributed by atoms with E-state index in [1.807, 2.05) is 6.07 Å². The van der Waals surface area contributed by atoms with Crippen LogP contribution in [0.2, 0.25) is 5.02 Å². The second-order valence-electron chi connectivity index (χ2n) is 6.11. The fourth-order valence-electron chi connectivity index (χ4n) is 3.15. The van der Waals surface area contributed by atoms with Gasteiger partial charge in [0.1, 0.15) is 5.52 Å². The second kappa shape index (κ2) is 7.39. The molecule has 0 aliphatic carbocycles. The third-order valence-electron chi connectivity index (χ3n) is 4.38. The number of benzene rings is 1. The summed E-state index contributed by atoms with van der Waals surface area (Å²) in [4.78, 5) is 14.6. The number of anilines is 2. The Kier molecular flexibility index (Phi) is 4.81. The van der Waals surface area contributed by atoms with Gasteiger partial charge in [0, 0.05) is 51.3 Å². The van der Waals surface area contributed by atoms with Gasteiger partial charge in [0.15, 0.2) is 5.82 Å². The van der Waals surface area contributed by atoms with Gasteiger partial charge in [0.2, 0.25) is 0 Å². The molecule has 0 radical (unpaired) electrons. The van der Waals surface area contributed by atoms with Gasteiger partial charge in [-0.3, -0.25) is 9.97 Å². The summed E-state index contributed by atoms with van der Waals surface area (Å²) in [5.41, 5.74) is 3.36. The molecular formula is C18H18ClFN6. The monoisotopic (exact) mass is 372 g/mol. The minimum Gasteiger partial charge on any atom is -0.378 e. The van der Waals surface area contributed by atoms with Gasteiger partial charge in [0.05, 0.1) is 28.1 Å². The SMILES string of the molecule is Fc1cc(CNc2cncc(Cl)c2N2CCNCC2)cc2nccnc12. The van der Waals surface area contributed by atoms with Gasteiger partial charge >= 0.3 is 0 Å². The van der Waals surface area contributed by atoms with E-state index in [1.54, 1.807) is 18.6 Å². The number of fused-ring (bicyclic) bond motifs is 1. The largest absolute Gasteiger partial charge is 0.378 e. The molecule has 0 spiro atoms. The summed E-state index contributed by atoms with van der Waals surface area (Å²) in [6.45, 7) is 4.00. The summed E-state index contributed by atoms with van der Waals surface area (Å²) in [5.74, 6) is -0.376. The van der Waals surface area contributed by atoms with Crippen LogP contribution in [0.5, 0.6) is 0 Å². The number of pyridine rings is 1. The molecule has 0 saturated carbocycles. The number of hydrogen-bond acceptors (Lipinski definition) is 6. The summed E-state index contributed by atoms with van der Waals surface area (Å²) >= 11 is 6.40. The van der Waals surface area contributed by atoms with Crippen LogP contribution in [0, 0.1) is 5.82 Å². The number of rotatable bonds is 4. The van der Waals surface area contributed by atoms with Gasteiger partial charge in [-0.15, -0.1) is 0 Å². The minimum atomic E-state index is -0.376. The van der Waals surface area contributed by atoms with Gasteiger partial charge in [0.25, 0.3) is 0 Å². The van der Waals surface area contributed by atoms with Crippen LogP contribution < -0.4 is 15.5 Å². The van der Waals surface area contributed by atoms with E-state index in [0.29, 0.717) is 17.1 Å². The molecule has 0 atom stereocenters. The average molecular weight is 373 g/mol. The predicted octanol–water partition coefficient (Wildman–Crippen LogP) is 2.84. The molecule has 26 heavy (non-hydrogen) atoms. The van der Waals surface area contributed by atoms with Crippen LogP contribution in [0.15, 0.2) is 36.9 Å². The van der Waals surface area contributed by atoms with Crippen molar-refractivity contribution < 1.29 is 4.39 Å². The fourth-order valence-corrected chi connectivity index (χ4v) is 3.43. The summed E-state index contributed by atoms with van der Waals surface area (Å²) in [7, 11) is 0. The molecule has 2 N–H and O–H groups in total. The number of hydrogen-bond donors (Lipinski definition) is 2. The molecule has 6 nitrogen and oxygen atoms in total. The molecule has 3 aromatic rings. The minimum absolute atomic E-state index is 0.280. The zero-order valence-corrected chi connectivity index (χ0v) is 14.8. The Bertz CT molecular complexity index is 929. The molecule has 134 valence electrons. The molecule has 1 aliphatic rings. The van der Waals surface area contributed by atoms with E-state index in [4.69, 9.17) is 11.6 Å². The number of nitrogens with one attached hydrogen (secondary N) is 2. The van der Waals surface area contributed by atoms with E-state index in [0.717, 1.165) is 43.1 Å². The van der Waals surface area contributed by atoms with Crippen molar-refractivity contribution in [2.45, 2.75) is 6.54 Å². The highest BCUT2D eigenvalue weighted by Gasteiger charge is 2.18. The third kappa shape index (κ3) is 3.40. The lowest BCUT2D eigenvalue weighted by Gasteiger charge is -2.31. The van der Waals surface area contributed by atoms with Gasteiger partial charge in [-0.1, -0.05) is 11.6 Å². The third-order valence-corrected chi connectivity index (χ3v) is 4.65. The summed E-state index contributed by atoms with van der Waals surface area (Å²) in [6, 6.07) is 3.31. The van der Waals surface area contributed by atoms with Crippen molar-refractivity contribution >= 4 is 34.0 Å². The molecular weight excluding hydrogens is 355 g/mol. The number of halogens is 2. The summed E-state index contributed by atoms with van der Waals surface area (Å²) < 4.78 is 14.2. The number of nitrogens with zero attached hydrogens (tertiary/aromatic N) is 4. The summed E-state index contributed by atoms with van der Waals surface area (Å²) in [6.07, 6.45) is 6.44. The second-order valence-corrected chi connectivity index (χ2v) is 6.52. The van der Waals surface area contributed by atoms with Gasteiger partial charge in [-0.2, -0.15) is 0 Å². The highest BCUT2D eigenvalue weighted by molar-refractivity contribution is 6.33. The smallest absolute Gasteiger partial charge is 0.151 e. The topological polar surface area (TPSA) is 66.0 Å². The van der Waals surface area contributed by atoms with Crippen molar-refractivity contribution in [3.05, 3.63) is 53.3 Å². The fraction of sp³-hybridized carbons (Fsp3) is 0.278. The van der Waals surface area contributed by atoms with Crippen molar-refractivity contribution in [3.8, 4) is 0 Å². The molecule has 4 rings (SSSR count). The maximum atomic E-state index is 14.2. The first-order valence-corrected chi connectivity index (χ1v) is 8.82. The van der Waals surface area contributed by atoms with Crippen molar-refractivity contribution in [1.82, 2.24) is 20.3 Å². The Labute approximate surface area is 155 Å². The molecule has 0 amide bonds. The van der Waals surface area contributed by atoms with E-state index >= 15 is 0 Å². The van der Waals surface area contributed by atoms with Crippen molar-refractivity contribution in [3.63, 3.8) is 0 Å². The van der Waals surface area contributed by atoms with Gasteiger partial charge in [-0.25, -0.2) is 9.37 Å². The van der Waals surface area contributed by atoms with E-state index in [2.05, 4.69) is 30.5 Å². The van der Waals surface area contributed by atoms with E-state index in [-0.39, 0.29) is 11.3 Å². The Morgan fingerprint density at radius 1 is 1.15 bits per heavy atom. The molecule has 1 aromatic carbocycles. The standard InChI is InChI=1S/C18H18ClFN6/c19-13-10-22-11-16(18(13)26-5-3-21-4-6-26)25-9-12-7-14(20)17-15(8-12)23-1-2-24-17/h1-2,7-8,10-11,21,25H,3-6,9H2. The Hall–Kier alpha value is -2.51. The quantitative estimate of drug-likeness (QED) is 0.734. The van der Waals surface area contributed by atoms with Crippen LogP contribution in [0.25, 0.3) is 11.0 Å². The zero-order valence-electron chi connectivity index (χ0n) is 14.0. The van der Waals surface area contributed by atoms with Crippen LogP contribution in [-0.2, 0) is 6.54 Å². The number of aromatic nitrogens is 3. The molecule has 0 unspecified atom stereocenters. The summed E-state index contributed by atoms with van der Waals surface area (Å²) in [5, 5.41) is 7.27. The van der Waals surface area contributed by atoms with E-state index < -0.39 is 0 Å². The van der Waals surface area contributed by atoms with Gasteiger partial charge < -0.3 is 15.5 Å². The van der Waals surface area contributed by atoms with E-state index in [9.17, 15) is 4.39 Å². The highest BCUT2D eigenvalue weighted by Crippen LogP contribution is 2.33. The molecule has 1 aliphatic heterocycles. The molecule has 1 saturated heterocycles. The van der Waals surface area contributed by atoms with Crippen molar-refractivity contribution in [1.29, 1.82) is 0 Å². The Morgan fingerprint density at radius 3 is 2.81 bits per heavy atom. The van der Waals surface area contributed by atoms with Gasteiger partial charge in [-0.05, 0) is 17.7 Å². The highest BCUT2D eigenvalue weighted by atomic mass is 35.5. The lowest BCUT2D eigenvalue weighted by atomic mass is 10.1. The molecule has 8 heteroatoms. The first-order valence-electron chi connectivity index (χ1n) is 8.44. The maximum absolute atomic E-state index is 14.2. The normalized spacial score (nSPS) is 14.6. The van der Waals surface area contributed by atoms with Crippen LogP contribution in [0.3, 0.4) is 0 Å². The maximum Gasteiger partial charge on any atom is 0.151 e. The predicted molar refractivity (Wildman–Crippen MR) is 101 cm³/mol. The lowest BCUT2D eigenvalue weighted by Crippen LogP contribution is -2.43. The molecule has 2 aromatic heterocycles. The van der Waals surface area contributed by atoms with Crippen LogP contribution in [0.4, 0.5) is 15.8 Å². The van der Waals surface area contributed by atoms with Crippen LogP contribution in [-0.4, -0.2) is 41.1 Å². The lowest BCUT2D eigenvalue weighted by molar-refractivity contribution is 0.589. The van der Waals surface area contributed by atoms with E-state index in [1.165, 1.54) is 12.3 Å². The average Bonchev–Trinajstić information content (AvgIpc) is 2.67.